The van der Waals surface area contributed by atoms with Crippen LogP contribution in [0.5, 0.6) is 5.88 Å². The van der Waals surface area contributed by atoms with Crippen molar-refractivity contribution in [2.24, 2.45) is 0 Å². The van der Waals surface area contributed by atoms with Gasteiger partial charge < -0.3 is 20.4 Å². The summed E-state index contributed by atoms with van der Waals surface area (Å²) in [6.45, 7) is 2.50. The van der Waals surface area contributed by atoms with E-state index in [1.807, 2.05) is 13.0 Å². The summed E-state index contributed by atoms with van der Waals surface area (Å²) in [7, 11) is 1.45. The standard InChI is InChI=1S/C18H17Cl2N5O2/c1-8-13-9-3-4-10(19)14(20)15(9)23-12(13)5-6-25(8)18(26)16-22-7-11(21)17(24-16)27-2/h3-4,7-8,23H,5-6,21H2,1-2H3/t8-/m1/s1. The zero-order valence-electron chi connectivity index (χ0n) is 14.7. The molecule has 1 aliphatic rings. The van der Waals surface area contributed by atoms with E-state index in [4.69, 9.17) is 33.7 Å². The number of hydrogen-bond acceptors (Lipinski definition) is 5. The number of rotatable bonds is 2. The maximum absolute atomic E-state index is 13.0. The summed E-state index contributed by atoms with van der Waals surface area (Å²) in [6.07, 6.45) is 2.05. The van der Waals surface area contributed by atoms with Crippen molar-refractivity contribution < 1.29 is 9.53 Å². The number of amides is 1. The van der Waals surface area contributed by atoms with E-state index in [2.05, 4.69) is 15.0 Å². The van der Waals surface area contributed by atoms with Gasteiger partial charge >= 0.3 is 0 Å². The molecule has 2 aromatic heterocycles. The molecule has 3 aromatic rings. The lowest BCUT2D eigenvalue weighted by atomic mass is 9.97. The molecule has 4 rings (SSSR count). The molecular formula is C18H17Cl2N5O2. The summed E-state index contributed by atoms with van der Waals surface area (Å²) in [6, 6.07) is 3.51. The van der Waals surface area contributed by atoms with Gasteiger partial charge in [-0.25, -0.2) is 4.98 Å². The van der Waals surface area contributed by atoms with Gasteiger partial charge in [-0.1, -0.05) is 29.3 Å². The molecule has 7 nitrogen and oxygen atoms in total. The van der Waals surface area contributed by atoms with Crippen LogP contribution in [0.25, 0.3) is 10.9 Å². The van der Waals surface area contributed by atoms with Crippen molar-refractivity contribution in [1.82, 2.24) is 19.9 Å². The van der Waals surface area contributed by atoms with E-state index in [1.54, 1.807) is 11.0 Å². The molecule has 1 amide bonds. The highest BCUT2D eigenvalue weighted by Crippen LogP contribution is 2.40. The second-order valence-electron chi connectivity index (χ2n) is 6.38. The lowest BCUT2D eigenvalue weighted by Gasteiger charge is -2.33. The van der Waals surface area contributed by atoms with Gasteiger partial charge in [0.05, 0.1) is 34.9 Å². The van der Waals surface area contributed by atoms with Crippen molar-refractivity contribution in [2.75, 3.05) is 19.4 Å². The summed E-state index contributed by atoms with van der Waals surface area (Å²) in [4.78, 5) is 26.3. The zero-order chi connectivity index (χ0) is 19.3. The highest BCUT2D eigenvalue weighted by Gasteiger charge is 2.33. The number of carbonyl (C=O) groups excluding carboxylic acids is 1. The van der Waals surface area contributed by atoms with Crippen LogP contribution in [0.1, 0.15) is 34.8 Å². The van der Waals surface area contributed by atoms with Crippen LogP contribution in [0.2, 0.25) is 10.0 Å². The Morgan fingerprint density at radius 3 is 2.93 bits per heavy atom. The predicted molar refractivity (Wildman–Crippen MR) is 104 cm³/mol. The number of nitrogens with two attached hydrogens (primary N) is 1. The number of hydrogen-bond donors (Lipinski definition) is 2. The number of halogens is 2. The number of ether oxygens (including phenoxy) is 1. The molecule has 0 saturated carbocycles. The van der Waals surface area contributed by atoms with Crippen LogP contribution in [0.3, 0.4) is 0 Å². The van der Waals surface area contributed by atoms with Crippen LogP contribution in [0.15, 0.2) is 18.3 Å². The molecule has 1 atom stereocenters. The molecule has 0 radical (unpaired) electrons. The van der Waals surface area contributed by atoms with Gasteiger partial charge in [-0.2, -0.15) is 4.98 Å². The third-order valence-electron chi connectivity index (χ3n) is 4.90. The topological polar surface area (TPSA) is 97.1 Å². The molecule has 0 spiro atoms. The van der Waals surface area contributed by atoms with Crippen molar-refractivity contribution in [2.45, 2.75) is 19.4 Å². The number of methoxy groups -OCH3 is 1. The Morgan fingerprint density at radius 1 is 1.41 bits per heavy atom. The van der Waals surface area contributed by atoms with E-state index < -0.39 is 0 Å². The van der Waals surface area contributed by atoms with Crippen molar-refractivity contribution in [3.8, 4) is 5.88 Å². The molecule has 0 fully saturated rings. The monoisotopic (exact) mass is 405 g/mol. The number of nitrogens with one attached hydrogen (secondary N) is 1. The molecule has 1 aliphatic heterocycles. The van der Waals surface area contributed by atoms with Gasteiger partial charge in [0.2, 0.25) is 11.7 Å². The van der Waals surface area contributed by atoms with Gasteiger partial charge in [0.1, 0.15) is 5.69 Å². The zero-order valence-corrected chi connectivity index (χ0v) is 16.2. The minimum absolute atomic E-state index is 0.0530. The minimum Gasteiger partial charge on any atom is -0.479 e. The third kappa shape index (κ3) is 2.78. The number of anilines is 1. The predicted octanol–water partition coefficient (Wildman–Crippen LogP) is 3.62. The second-order valence-corrected chi connectivity index (χ2v) is 7.17. The minimum atomic E-state index is -0.277. The fraction of sp³-hybridized carbons (Fsp3) is 0.278. The van der Waals surface area contributed by atoms with E-state index >= 15 is 0 Å². The van der Waals surface area contributed by atoms with Gasteiger partial charge in [-0.15, -0.1) is 0 Å². The first-order valence-corrected chi connectivity index (χ1v) is 9.14. The quantitative estimate of drug-likeness (QED) is 0.678. The number of aromatic amines is 1. The summed E-state index contributed by atoms with van der Waals surface area (Å²) in [5.74, 6) is -0.0367. The molecule has 1 aromatic carbocycles. The van der Waals surface area contributed by atoms with Crippen LogP contribution in [0.4, 0.5) is 5.69 Å². The first-order chi connectivity index (χ1) is 12.9. The number of fused-ring (bicyclic) bond motifs is 3. The van der Waals surface area contributed by atoms with Crippen LogP contribution in [-0.4, -0.2) is 39.4 Å². The van der Waals surface area contributed by atoms with Gasteiger partial charge in [0.15, 0.2) is 0 Å². The molecule has 140 valence electrons. The van der Waals surface area contributed by atoms with Crippen LogP contribution in [-0.2, 0) is 6.42 Å². The summed E-state index contributed by atoms with van der Waals surface area (Å²) < 4.78 is 5.10. The maximum atomic E-state index is 13.0. The number of carbonyl (C=O) groups is 1. The second kappa shape index (κ2) is 6.58. The Morgan fingerprint density at radius 2 is 2.19 bits per heavy atom. The largest absolute Gasteiger partial charge is 0.479 e. The molecular weight excluding hydrogens is 389 g/mol. The molecule has 0 unspecified atom stereocenters. The number of nitrogens with zero attached hydrogens (tertiary/aromatic N) is 3. The SMILES string of the molecule is COc1nc(C(=O)N2CCc3[nH]c4c(Cl)c(Cl)ccc4c3[C@H]2C)ncc1N. The summed E-state index contributed by atoms with van der Waals surface area (Å²) >= 11 is 12.5. The van der Waals surface area contributed by atoms with E-state index in [-0.39, 0.29) is 29.3 Å². The Balaban J connectivity index is 1.74. The average molecular weight is 406 g/mol. The molecule has 9 heteroatoms. The van der Waals surface area contributed by atoms with Crippen molar-refractivity contribution >= 4 is 45.7 Å². The number of aromatic nitrogens is 3. The van der Waals surface area contributed by atoms with Gasteiger partial charge in [0.25, 0.3) is 5.91 Å². The highest BCUT2D eigenvalue weighted by atomic mass is 35.5. The van der Waals surface area contributed by atoms with Crippen molar-refractivity contribution in [1.29, 1.82) is 0 Å². The Hall–Kier alpha value is -2.51. The first kappa shape index (κ1) is 17.9. The number of nitrogen functional groups attached to an aromatic ring is 1. The lowest BCUT2D eigenvalue weighted by Crippen LogP contribution is -2.39. The van der Waals surface area contributed by atoms with E-state index in [9.17, 15) is 4.79 Å². The number of H-pyrrole nitrogens is 1. The summed E-state index contributed by atoms with van der Waals surface area (Å²) in [5.41, 5.74) is 8.91. The van der Waals surface area contributed by atoms with Crippen LogP contribution in [0, 0.1) is 0 Å². The molecule has 3 N–H and O–H groups in total. The fourth-order valence-corrected chi connectivity index (χ4v) is 3.95. The first-order valence-electron chi connectivity index (χ1n) is 8.38. The fourth-order valence-electron chi connectivity index (χ4n) is 3.58. The molecule has 3 heterocycles. The van der Waals surface area contributed by atoms with Crippen LogP contribution >= 0.6 is 23.2 Å². The smallest absolute Gasteiger partial charge is 0.292 e. The average Bonchev–Trinajstić information content (AvgIpc) is 3.05. The molecule has 0 aliphatic carbocycles. The van der Waals surface area contributed by atoms with Crippen molar-refractivity contribution in [3.63, 3.8) is 0 Å². The summed E-state index contributed by atoms with van der Waals surface area (Å²) in [5, 5.41) is 1.94. The van der Waals surface area contributed by atoms with E-state index in [1.165, 1.54) is 13.3 Å². The molecule has 27 heavy (non-hydrogen) atoms. The van der Waals surface area contributed by atoms with Gasteiger partial charge in [0, 0.05) is 29.6 Å². The Kier molecular flexibility index (Phi) is 4.36. The van der Waals surface area contributed by atoms with Gasteiger partial charge in [-0.3, -0.25) is 4.79 Å². The van der Waals surface area contributed by atoms with E-state index in [0.717, 1.165) is 22.2 Å². The van der Waals surface area contributed by atoms with E-state index in [0.29, 0.717) is 23.0 Å². The van der Waals surface area contributed by atoms with Gasteiger partial charge in [-0.05, 0) is 13.0 Å². The molecule has 0 saturated heterocycles. The maximum Gasteiger partial charge on any atom is 0.292 e. The Bertz CT molecular complexity index is 1070. The lowest BCUT2D eigenvalue weighted by molar-refractivity contribution is 0.0664. The highest BCUT2D eigenvalue weighted by molar-refractivity contribution is 6.45. The Labute approximate surface area is 165 Å². The normalized spacial score (nSPS) is 16.4. The molecule has 0 bridgehead atoms. The van der Waals surface area contributed by atoms with Crippen LogP contribution < -0.4 is 10.5 Å². The van der Waals surface area contributed by atoms with Crippen molar-refractivity contribution in [3.05, 3.63) is 45.5 Å². The number of benzene rings is 1. The third-order valence-corrected chi connectivity index (χ3v) is 5.70.